The van der Waals surface area contributed by atoms with Gasteiger partial charge in [-0.15, -0.1) is 0 Å². The Kier molecular flexibility index (Phi) is 6.04. The van der Waals surface area contributed by atoms with Crippen molar-refractivity contribution in [1.82, 2.24) is 9.55 Å². The van der Waals surface area contributed by atoms with Crippen molar-refractivity contribution in [3.63, 3.8) is 0 Å². The van der Waals surface area contributed by atoms with Gasteiger partial charge in [0.15, 0.2) is 10.9 Å². The molecule has 30 heavy (non-hydrogen) atoms. The first-order valence-electron chi connectivity index (χ1n) is 8.82. The van der Waals surface area contributed by atoms with Gasteiger partial charge in [0.25, 0.3) is 5.56 Å². The fraction of sp³-hybridized carbons (Fsp3) is 0.0455. The van der Waals surface area contributed by atoms with Crippen LogP contribution in [0.1, 0.15) is 10.4 Å². The molecule has 0 aliphatic heterocycles. The monoisotopic (exact) mass is 502 g/mol. The highest BCUT2D eigenvalue weighted by atomic mass is 79.9. The third-order valence-corrected chi connectivity index (χ3v) is 6.10. The molecule has 4 rings (SSSR count). The van der Waals surface area contributed by atoms with Crippen molar-refractivity contribution in [3.8, 4) is 5.69 Å². The molecule has 0 spiro atoms. The molecule has 0 aliphatic rings. The summed E-state index contributed by atoms with van der Waals surface area (Å²) in [5.41, 5.74) is 1.04. The fourth-order valence-corrected chi connectivity index (χ4v) is 4.20. The molecule has 4 aromatic rings. The topological polar surface area (TPSA) is 52.0 Å². The van der Waals surface area contributed by atoms with Gasteiger partial charge in [-0.05, 0) is 54.6 Å². The molecule has 0 radical (unpaired) electrons. The number of carbonyl (C=O) groups is 1. The molecule has 4 nitrogen and oxygen atoms in total. The van der Waals surface area contributed by atoms with Crippen LogP contribution in [0.3, 0.4) is 0 Å². The Hall–Kier alpha value is -2.48. The Balaban J connectivity index is 1.77. The Morgan fingerprint density at radius 3 is 2.47 bits per heavy atom. The maximum Gasteiger partial charge on any atom is 0.266 e. The minimum Gasteiger partial charge on any atom is -0.293 e. The SMILES string of the molecule is O=C(CSc1nc2ccc(F)cc2c(=O)n1-c1ccc(Cl)cc1)c1ccc(Br)cc1. The molecule has 1 heterocycles. The minimum absolute atomic E-state index is 0.0916. The maximum atomic E-state index is 13.7. The molecule has 0 unspecified atom stereocenters. The van der Waals surface area contributed by atoms with E-state index >= 15 is 0 Å². The quantitative estimate of drug-likeness (QED) is 0.193. The molecule has 0 saturated heterocycles. The summed E-state index contributed by atoms with van der Waals surface area (Å²) in [5, 5.41) is 1.02. The van der Waals surface area contributed by atoms with Crippen LogP contribution < -0.4 is 5.56 Å². The van der Waals surface area contributed by atoms with E-state index in [1.807, 2.05) is 0 Å². The van der Waals surface area contributed by atoms with Crippen molar-refractivity contribution < 1.29 is 9.18 Å². The zero-order valence-corrected chi connectivity index (χ0v) is 18.5. The van der Waals surface area contributed by atoms with Gasteiger partial charge in [-0.1, -0.05) is 51.4 Å². The number of halogens is 3. The van der Waals surface area contributed by atoms with Gasteiger partial charge in [-0.2, -0.15) is 0 Å². The zero-order valence-electron chi connectivity index (χ0n) is 15.3. The Morgan fingerprint density at radius 1 is 1.07 bits per heavy atom. The lowest BCUT2D eigenvalue weighted by atomic mass is 10.2. The highest BCUT2D eigenvalue weighted by Gasteiger charge is 2.16. The Labute approximate surface area is 188 Å². The number of aromatic nitrogens is 2. The number of fused-ring (bicyclic) bond motifs is 1. The van der Waals surface area contributed by atoms with Crippen molar-refractivity contribution in [1.29, 1.82) is 0 Å². The molecule has 0 aliphatic carbocycles. The van der Waals surface area contributed by atoms with Gasteiger partial charge >= 0.3 is 0 Å². The number of benzene rings is 3. The van der Waals surface area contributed by atoms with E-state index in [1.54, 1.807) is 48.5 Å². The molecule has 1 aromatic heterocycles. The number of ketones is 1. The van der Waals surface area contributed by atoms with Crippen LogP contribution in [0.15, 0.2) is 81.2 Å². The number of hydrogen-bond donors (Lipinski definition) is 0. The summed E-state index contributed by atoms with van der Waals surface area (Å²) in [6.45, 7) is 0. The fourth-order valence-electron chi connectivity index (χ4n) is 2.90. The second-order valence-electron chi connectivity index (χ2n) is 6.39. The van der Waals surface area contributed by atoms with E-state index in [-0.39, 0.29) is 16.9 Å². The van der Waals surface area contributed by atoms with Crippen LogP contribution in [0.5, 0.6) is 0 Å². The van der Waals surface area contributed by atoms with E-state index in [0.717, 1.165) is 16.2 Å². The van der Waals surface area contributed by atoms with Crippen molar-refractivity contribution in [3.05, 3.63) is 98.0 Å². The zero-order chi connectivity index (χ0) is 21.3. The van der Waals surface area contributed by atoms with E-state index in [9.17, 15) is 14.0 Å². The molecule has 0 N–H and O–H groups in total. The lowest BCUT2D eigenvalue weighted by Gasteiger charge is -2.13. The van der Waals surface area contributed by atoms with Crippen molar-refractivity contribution in [2.24, 2.45) is 0 Å². The largest absolute Gasteiger partial charge is 0.293 e. The van der Waals surface area contributed by atoms with Gasteiger partial charge in [0.1, 0.15) is 5.82 Å². The molecule has 0 amide bonds. The summed E-state index contributed by atoms with van der Waals surface area (Å²) in [7, 11) is 0. The van der Waals surface area contributed by atoms with Gasteiger partial charge in [0.05, 0.1) is 22.3 Å². The first-order chi connectivity index (χ1) is 14.4. The van der Waals surface area contributed by atoms with Gasteiger partial charge in [0.2, 0.25) is 0 Å². The number of Topliss-reactive ketones (excluding diaryl/α,β-unsaturated/α-hetero) is 1. The number of rotatable bonds is 5. The molecular weight excluding hydrogens is 491 g/mol. The summed E-state index contributed by atoms with van der Waals surface area (Å²) in [5.74, 6) is -0.521. The molecule has 3 aromatic carbocycles. The lowest BCUT2D eigenvalue weighted by molar-refractivity contribution is 0.102. The number of thioether (sulfide) groups is 1. The molecule has 150 valence electrons. The van der Waals surface area contributed by atoms with Crippen LogP contribution in [0.25, 0.3) is 16.6 Å². The van der Waals surface area contributed by atoms with Crippen LogP contribution in [-0.4, -0.2) is 21.1 Å². The first-order valence-corrected chi connectivity index (χ1v) is 11.0. The summed E-state index contributed by atoms with van der Waals surface area (Å²) in [4.78, 5) is 30.3. The van der Waals surface area contributed by atoms with Crippen molar-refractivity contribution >= 4 is 56.0 Å². The van der Waals surface area contributed by atoms with Crippen molar-refractivity contribution in [2.75, 3.05) is 5.75 Å². The van der Waals surface area contributed by atoms with Crippen LogP contribution in [-0.2, 0) is 0 Å². The summed E-state index contributed by atoms with van der Waals surface area (Å²) in [6.07, 6.45) is 0. The molecule has 0 fully saturated rings. The normalized spacial score (nSPS) is 11.0. The van der Waals surface area contributed by atoms with E-state index in [2.05, 4.69) is 20.9 Å². The lowest BCUT2D eigenvalue weighted by Crippen LogP contribution is -2.22. The first kappa shape index (κ1) is 20.8. The maximum absolute atomic E-state index is 13.7. The van der Waals surface area contributed by atoms with Gasteiger partial charge < -0.3 is 0 Å². The Bertz CT molecular complexity index is 1310. The second kappa shape index (κ2) is 8.71. The van der Waals surface area contributed by atoms with Crippen LogP contribution in [0, 0.1) is 5.82 Å². The molecular formula is C22H13BrClFN2O2S. The minimum atomic E-state index is -0.519. The summed E-state index contributed by atoms with van der Waals surface area (Å²) in [6, 6.07) is 17.6. The highest BCUT2D eigenvalue weighted by molar-refractivity contribution is 9.10. The molecule has 0 saturated carbocycles. The van der Waals surface area contributed by atoms with E-state index in [0.29, 0.717) is 26.9 Å². The van der Waals surface area contributed by atoms with Crippen LogP contribution in [0.4, 0.5) is 4.39 Å². The predicted molar refractivity (Wildman–Crippen MR) is 122 cm³/mol. The van der Waals surface area contributed by atoms with Crippen LogP contribution >= 0.6 is 39.3 Å². The summed E-state index contributed by atoms with van der Waals surface area (Å²) < 4.78 is 16.0. The van der Waals surface area contributed by atoms with Gasteiger partial charge in [-0.25, -0.2) is 9.37 Å². The van der Waals surface area contributed by atoms with E-state index in [1.165, 1.54) is 22.8 Å². The van der Waals surface area contributed by atoms with Crippen LogP contribution in [0.2, 0.25) is 5.02 Å². The van der Waals surface area contributed by atoms with E-state index < -0.39 is 11.4 Å². The standard InChI is InChI=1S/C22H13BrClFN2O2S/c23-14-3-1-13(2-4-14)20(28)12-30-22-26-19-10-7-16(25)11-18(19)21(29)27(22)17-8-5-15(24)6-9-17/h1-11H,12H2. The number of carbonyl (C=O) groups excluding carboxylic acids is 1. The second-order valence-corrected chi connectivity index (χ2v) is 8.69. The Morgan fingerprint density at radius 2 is 1.77 bits per heavy atom. The highest BCUT2D eigenvalue weighted by Crippen LogP contribution is 2.24. The van der Waals surface area contributed by atoms with Gasteiger partial charge in [0, 0.05) is 15.1 Å². The molecule has 0 atom stereocenters. The number of hydrogen-bond acceptors (Lipinski definition) is 4. The predicted octanol–water partition coefficient (Wildman–Crippen LogP) is 5.92. The summed E-state index contributed by atoms with van der Waals surface area (Å²) >= 11 is 10.5. The third-order valence-electron chi connectivity index (χ3n) is 4.38. The molecule has 0 bridgehead atoms. The van der Waals surface area contributed by atoms with E-state index in [4.69, 9.17) is 11.6 Å². The third kappa shape index (κ3) is 4.33. The number of nitrogens with zero attached hydrogens (tertiary/aromatic N) is 2. The smallest absolute Gasteiger partial charge is 0.266 e. The molecule has 8 heteroatoms. The van der Waals surface area contributed by atoms with Gasteiger partial charge in [-0.3, -0.25) is 14.2 Å². The van der Waals surface area contributed by atoms with Crippen molar-refractivity contribution in [2.45, 2.75) is 5.16 Å². The average molecular weight is 504 g/mol. The average Bonchev–Trinajstić information content (AvgIpc) is 2.74.